The van der Waals surface area contributed by atoms with E-state index in [2.05, 4.69) is 10.3 Å². The molecule has 0 aromatic heterocycles. The molecular formula is C17H18N2O3S. The largest absolute Gasteiger partial charge is 0.489 e. The molecule has 1 N–H and O–H groups in total. The van der Waals surface area contributed by atoms with Crippen molar-refractivity contribution in [1.29, 1.82) is 0 Å². The minimum Gasteiger partial charge on any atom is -0.489 e. The molecule has 0 fully saturated rings. The molecular weight excluding hydrogens is 312 g/mol. The lowest BCUT2D eigenvalue weighted by Gasteiger charge is -2.11. The zero-order valence-corrected chi connectivity index (χ0v) is 13.6. The fourth-order valence-electron chi connectivity index (χ4n) is 2.47. The first-order valence-corrected chi connectivity index (χ1v) is 9.23. The van der Waals surface area contributed by atoms with Gasteiger partial charge in [-0.2, -0.15) is 0 Å². The maximum Gasteiger partial charge on any atom is 0.175 e. The summed E-state index contributed by atoms with van der Waals surface area (Å²) in [4.78, 5) is 4.69. The second kappa shape index (κ2) is 6.42. The third kappa shape index (κ3) is 3.71. The Balaban J connectivity index is 1.78. The van der Waals surface area contributed by atoms with Crippen molar-refractivity contribution < 1.29 is 13.2 Å². The van der Waals surface area contributed by atoms with Crippen LogP contribution in [-0.4, -0.2) is 33.6 Å². The Hall–Kier alpha value is -2.34. The molecule has 120 valence electrons. The van der Waals surface area contributed by atoms with Gasteiger partial charge in [-0.1, -0.05) is 30.3 Å². The van der Waals surface area contributed by atoms with E-state index in [1.165, 1.54) is 6.26 Å². The van der Waals surface area contributed by atoms with Crippen molar-refractivity contribution in [2.75, 3.05) is 19.3 Å². The number of ether oxygens (including phenoxy) is 1. The summed E-state index contributed by atoms with van der Waals surface area (Å²) >= 11 is 0. The summed E-state index contributed by atoms with van der Waals surface area (Å²) < 4.78 is 29.4. The Kier molecular flexibility index (Phi) is 4.34. The van der Waals surface area contributed by atoms with Gasteiger partial charge in [0.15, 0.2) is 9.84 Å². The molecule has 2 aromatic rings. The average Bonchev–Trinajstić information content (AvgIpc) is 3.07. The summed E-state index contributed by atoms with van der Waals surface area (Å²) in [6.45, 7) is 1.83. The maximum atomic E-state index is 11.8. The van der Waals surface area contributed by atoms with Crippen molar-refractivity contribution in [2.24, 2.45) is 4.99 Å². The van der Waals surface area contributed by atoms with Crippen molar-refractivity contribution in [2.45, 2.75) is 11.5 Å². The molecule has 0 spiro atoms. The van der Waals surface area contributed by atoms with E-state index in [0.29, 0.717) is 16.2 Å². The smallest absolute Gasteiger partial charge is 0.175 e. The first-order chi connectivity index (χ1) is 11.0. The Morgan fingerprint density at radius 3 is 2.74 bits per heavy atom. The van der Waals surface area contributed by atoms with Gasteiger partial charge >= 0.3 is 0 Å². The summed E-state index contributed by atoms with van der Waals surface area (Å²) in [5, 5.41) is 3.22. The minimum atomic E-state index is -3.27. The van der Waals surface area contributed by atoms with Gasteiger partial charge in [-0.3, -0.25) is 4.99 Å². The van der Waals surface area contributed by atoms with E-state index in [1.54, 1.807) is 24.3 Å². The summed E-state index contributed by atoms with van der Waals surface area (Å²) in [6.07, 6.45) is 1.20. The quantitative estimate of drug-likeness (QED) is 0.911. The molecule has 0 amide bonds. The number of nitrogens with one attached hydrogen (secondary N) is 1. The molecule has 0 bridgehead atoms. The van der Waals surface area contributed by atoms with Crippen LogP contribution in [0, 0.1) is 0 Å². The number of amidine groups is 1. The summed E-state index contributed by atoms with van der Waals surface area (Å²) in [5.74, 6) is 1.55. The van der Waals surface area contributed by atoms with Crippen LogP contribution in [0.3, 0.4) is 0 Å². The van der Waals surface area contributed by atoms with E-state index in [-0.39, 0.29) is 6.61 Å². The predicted molar refractivity (Wildman–Crippen MR) is 89.7 cm³/mol. The van der Waals surface area contributed by atoms with Gasteiger partial charge in [-0.25, -0.2) is 8.42 Å². The fraction of sp³-hybridized carbons (Fsp3) is 0.235. The number of nitrogens with zero attached hydrogens (tertiary/aromatic N) is 1. The van der Waals surface area contributed by atoms with Gasteiger partial charge in [-0.05, 0) is 18.2 Å². The highest BCUT2D eigenvalue weighted by Crippen LogP contribution is 2.20. The van der Waals surface area contributed by atoms with E-state index >= 15 is 0 Å². The van der Waals surface area contributed by atoms with Crippen LogP contribution in [0.2, 0.25) is 0 Å². The normalized spacial score (nSPS) is 14.2. The Labute approximate surface area is 135 Å². The molecule has 0 atom stereocenters. The van der Waals surface area contributed by atoms with Crippen LogP contribution in [0.4, 0.5) is 0 Å². The lowest BCUT2D eigenvalue weighted by Crippen LogP contribution is -2.19. The number of hydrogen-bond donors (Lipinski definition) is 1. The van der Waals surface area contributed by atoms with Crippen LogP contribution >= 0.6 is 0 Å². The predicted octanol–water partition coefficient (Wildman–Crippen LogP) is 2.02. The SMILES string of the molecule is CS(=O)(=O)c1ccccc1COc1cccc(C2=NCCN2)c1. The molecule has 1 aliphatic rings. The van der Waals surface area contributed by atoms with Crippen LogP contribution in [0.25, 0.3) is 0 Å². The van der Waals surface area contributed by atoms with Gasteiger partial charge in [0.2, 0.25) is 0 Å². The highest BCUT2D eigenvalue weighted by molar-refractivity contribution is 7.90. The lowest BCUT2D eigenvalue weighted by molar-refractivity contribution is 0.303. The Morgan fingerprint density at radius 2 is 2.00 bits per heavy atom. The summed E-state index contributed by atoms with van der Waals surface area (Å²) in [7, 11) is -3.27. The van der Waals surface area contributed by atoms with Crippen molar-refractivity contribution in [3.05, 3.63) is 59.7 Å². The van der Waals surface area contributed by atoms with Crippen molar-refractivity contribution in [3.8, 4) is 5.75 Å². The highest BCUT2D eigenvalue weighted by Gasteiger charge is 2.13. The zero-order chi connectivity index (χ0) is 16.3. The van der Waals surface area contributed by atoms with Gasteiger partial charge in [0, 0.05) is 23.9 Å². The molecule has 1 aliphatic heterocycles. The number of sulfone groups is 1. The third-order valence-electron chi connectivity index (χ3n) is 3.55. The van der Waals surface area contributed by atoms with E-state index in [9.17, 15) is 8.42 Å². The first kappa shape index (κ1) is 15.6. The van der Waals surface area contributed by atoms with Gasteiger partial charge in [-0.15, -0.1) is 0 Å². The first-order valence-electron chi connectivity index (χ1n) is 7.33. The van der Waals surface area contributed by atoms with Gasteiger partial charge in [0.25, 0.3) is 0 Å². The van der Waals surface area contributed by atoms with Crippen molar-refractivity contribution >= 4 is 15.7 Å². The molecule has 0 saturated carbocycles. The number of aliphatic imine (C=N–C) groups is 1. The number of rotatable bonds is 5. The zero-order valence-electron chi connectivity index (χ0n) is 12.8. The van der Waals surface area contributed by atoms with Crippen LogP contribution in [0.15, 0.2) is 58.4 Å². The molecule has 0 radical (unpaired) electrons. The Morgan fingerprint density at radius 1 is 1.17 bits per heavy atom. The molecule has 1 heterocycles. The molecule has 0 unspecified atom stereocenters. The van der Waals surface area contributed by atoms with Crippen LogP contribution in [-0.2, 0) is 16.4 Å². The standard InChI is InChI=1S/C17H18N2O3S/c1-23(20,21)16-8-3-2-5-14(16)12-22-15-7-4-6-13(11-15)17-18-9-10-19-17/h2-8,11H,9-10,12H2,1H3,(H,18,19). The van der Waals surface area contributed by atoms with Crippen LogP contribution < -0.4 is 10.1 Å². The second-order valence-electron chi connectivity index (χ2n) is 5.35. The molecule has 3 rings (SSSR count). The molecule has 5 nitrogen and oxygen atoms in total. The second-order valence-corrected chi connectivity index (χ2v) is 7.34. The van der Waals surface area contributed by atoms with E-state index in [1.807, 2.05) is 24.3 Å². The van der Waals surface area contributed by atoms with Crippen LogP contribution in [0.1, 0.15) is 11.1 Å². The molecule has 2 aromatic carbocycles. The van der Waals surface area contributed by atoms with Gasteiger partial charge in [0.1, 0.15) is 18.2 Å². The van der Waals surface area contributed by atoms with E-state index in [0.717, 1.165) is 24.5 Å². The lowest BCUT2D eigenvalue weighted by atomic mass is 10.2. The maximum absolute atomic E-state index is 11.8. The number of hydrogen-bond acceptors (Lipinski definition) is 5. The fourth-order valence-corrected chi connectivity index (χ4v) is 3.40. The minimum absolute atomic E-state index is 0.201. The number of benzene rings is 2. The molecule has 0 saturated heterocycles. The molecule has 0 aliphatic carbocycles. The molecule has 6 heteroatoms. The van der Waals surface area contributed by atoms with Gasteiger partial charge in [0.05, 0.1) is 11.4 Å². The summed E-state index contributed by atoms with van der Waals surface area (Å²) in [5.41, 5.74) is 1.62. The average molecular weight is 330 g/mol. The topological polar surface area (TPSA) is 67.8 Å². The summed E-state index contributed by atoms with van der Waals surface area (Å²) in [6, 6.07) is 14.5. The van der Waals surface area contributed by atoms with E-state index < -0.39 is 9.84 Å². The molecule has 23 heavy (non-hydrogen) atoms. The third-order valence-corrected chi connectivity index (χ3v) is 4.75. The Bertz CT molecular complexity index is 844. The van der Waals surface area contributed by atoms with Crippen LogP contribution in [0.5, 0.6) is 5.75 Å². The van der Waals surface area contributed by atoms with Crippen molar-refractivity contribution in [1.82, 2.24) is 5.32 Å². The highest BCUT2D eigenvalue weighted by atomic mass is 32.2. The van der Waals surface area contributed by atoms with Crippen molar-refractivity contribution in [3.63, 3.8) is 0 Å². The van der Waals surface area contributed by atoms with E-state index in [4.69, 9.17) is 4.74 Å². The monoisotopic (exact) mass is 330 g/mol. The van der Waals surface area contributed by atoms with Gasteiger partial charge < -0.3 is 10.1 Å².